The van der Waals surface area contributed by atoms with Crippen LogP contribution in [0.5, 0.6) is 0 Å². The molecule has 0 radical (unpaired) electrons. The maximum atomic E-state index is 14.4. The van der Waals surface area contributed by atoms with Gasteiger partial charge >= 0.3 is 5.97 Å². The summed E-state index contributed by atoms with van der Waals surface area (Å²) in [5, 5.41) is 0. The van der Waals surface area contributed by atoms with Crippen LogP contribution in [0.15, 0.2) is 42.5 Å². The van der Waals surface area contributed by atoms with Crippen molar-refractivity contribution in [3.63, 3.8) is 0 Å². The molecule has 0 bridgehead atoms. The van der Waals surface area contributed by atoms with Crippen molar-refractivity contribution < 1.29 is 23.1 Å². The summed E-state index contributed by atoms with van der Waals surface area (Å²) < 4.78 is 33.3. The maximum Gasteiger partial charge on any atom is 0.306 e. The van der Waals surface area contributed by atoms with Crippen molar-refractivity contribution in [2.45, 2.75) is 65.2 Å². The van der Waals surface area contributed by atoms with Gasteiger partial charge in [0.1, 0.15) is 11.6 Å². The number of amides is 1. The summed E-state index contributed by atoms with van der Waals surface area (Å²) in [6.45, 7) is 8.97. The zero-order valence-corrected chi connectivity index (χ0v) is 22.8. The zero-order valence-electron chi connectivity index (χ0n) is 22.8. The van der Waals surface area contributed by atoms with E-state index in [1.807, 2.05) is 20.8 Å². The lowest BCUT2D eigenvalue weighted by Crippen LogP contribution is -2.44. The molecule has 1 saturated heterocycles. The Labute approximate surface area is 225 Å². The SMILES string of the molecule is CC(C)(C)CC(=O)OCCC1CCN(CC(=O)N2CCCC(c3ccc(F)cc3)c3ccc(F)cc32)CC1. The van der Waals surface area contributed by atoms with Gasteiger partial charge in [0.05, 0.1) is 25.3 Å². The van der Waals surface area contributed by atoms with Gasteiger partial charge in [-0.1, -0.05) is 39.0 Å². The number of benzene rings is 2. The van der Waals surface area contributed by atoms with Crippen LogP contribution >= 0.6 is 0 Å². The molecule has 1 fully saturated rings. The van der Waals surface area contributed by atoms with E-state index in [1.165, 1.54) is 24.3 Å². The number of anilines is 1. The van der Waals surface area contributed by atoms with E-state index in [2.05, 4.69) is 4.90 Å². The molecule has 1 amide bonds. The molecule has 2 aliphatic rings. The van der Waals surface area contributed by atoms with Crippen molar-refractivity contribution in [1.82, 2.24) is 4.90 Å². The Morgan fingerprint density at radius 3 is 2.32 bits per heavy atom. The van der Waals surface area contributed by atoms with Gasteiger partial charge in [-0.05, 0) is 91.9 Å². The Morgan fingerprint density at radius 1 is 0.947 bits per heavy atom. The number of hydrogen-bond acceptors (Lipinski definition) is 4. The molecule has 38 heavy (non-hydrogen) atoms. The lowest BCUT2D eigenvalue weighted by Gasteiger charge is -2.33. The number of piperidine rings is 1. The summed E-state index contributed by atoms with van der Waals surface area (Å²) in [5.41, 5.74) is 2.42. The van der Waals surface area contributed by atoms with Crippen molar-refractivity contribution in [3.05, 3.63) is 65.2 Å². The topological polar surface area (TPSA) is 49.9 Å². The van der Waals surface area contributed by atoms with Crippen molar-refractivity contribution in [2.75, 3.05) is 37.7 Å². The van der Waals surface area contributed by atoms with E-state index in [0.29, 0.717) is 37.7 Å². The molecule has 0 aliphatic carbocycles. The highest BCUT2D eigenvalue weighted by molar-refractivity contribution is 5.96. The first-order valence-corrected chi connectivity index (χ1v) is 13.8. The van der Waals surface area contributed by atoms with Crippen LogP contribution < -0.4 is 4.90 Å². The van der Waals surface area contributed by atoms with Gasteiger partial charge in [0.2, 0.25) is 5.91 Å². The molecular weight excluding hydrogens is 486 g/mol. The summed E-state index contributed by atoms with van der Waals surface area (Å²) >= 11 is 0. The fourth-order valence-corrected chi connectivity index (χ4v) is 5.61. The van der Waals surface area contributed by atoms with Gasteiger partial charge < -0.3 is 9.64 Å². The quantitative estimate of drug-likeness (QED) is 0.397. The minimum Gasteiger partial charge on any atom is -0.466 e. The second kappa shape index (κ2) is 12.4. The first-order chi connectivity index (χ1) is 18.1. The Balaban J connectivity index is 1.33. The summed E-state index contributed by atoms with van der Waals surface area (Å²) in [6, 6.07) is 11.1. The molecule has 0 aromatic heterocycles. The van der Waals surface area contributed by atoms with Crippen LogP contribution in [-0.4, -0.2) is 49.6 Å². The number of halogens is 2. The van der Waals surface area contributed by atoms with Gasteiger partial charge in [-0.3, -0.25) is 14.5 Å². The lowest BCUT2D eigenvalue weighted by molar-refractivity contribution is -0.146. The molecule has 2 heterocycles. The van der Waals surface area contributed by atoms with Gasteiger partial charge in [-0.15, -0.1) is 0 Å². The number of likely N-dealkylation sites (tertiary alicyclic amines) is 1. The molecule has 0 N–H and O–H groups in total. The fraction of sp³-hybridized carbons (Fsp3) is 0.548. The van der Waals surface area contributed by atoms with Crippen molar-refractivity contribution >= 4 is 17.6 Å². The minimum absolute atomic E-state index is 0.0164. The molecule has 206 valence electrons. The fourth-order valence-electron chi connectivity index (χ4n) is 5.61. The second-order valence-corrected chi connectivity index (χ2v) is 12.0. The van der Waals surface area contributed by atoms with Gasteiger partial charge in [-0.2, -0.15) is 0 Å². The van der Waals surface area contributed by atoms with E-state index in [0.717, 1.165) is 56.3 Å². The van der Waals surface area contributed by atoms with E-state index in [9.17, 15) is 18.4 Å². The molecule has 7 heteroatoms. The van der Waals surface area contributed by atoms with Crippen LogP contribution in [0, 0.1) is 23.0 Å². The third-order valence-electron chi connectivity index (χ3n) is 7.64. The number of fused-ring (bicyclic) bond motifs is 1. The lowest BCUT2D eigenvalue weighted by atomic mass is 9.87. The standard InChI is InChI=1S/C31H40F2N2O3/c1-31(2,3)20-30(37)38-18-14-22-12-16-34(17-13-22)21-29(36)35-15-4-5-26(23-6-8-24(32)9-7-23)27-11-10-25(33)19-28(27)35/h6-11,19,22,26H,4-5,12-18,20-21H2,1-3H3. The summed E-state index contributed by atoms with van der Waals surface area (Å²) in [5.74, 6) is -0.359. The number of carbonyl (C=O) groups excluding carboxylic acids is 2. The van der Waals surface area contributed by atoms with Crippen LogP contribution in [0.3, 0.4) is 0 Å². The Kier molecular flexibility index (Phi) is 9.19. The van der Waals surface area contributed by atoms with Gasteiger partial charge in [-0.25, -0.2) is 8.78 Å². The van der Waals surface area contributed by atoms with Crippen molar-refractivity contribution in [1.29, 1.82) is 0 Å². The Hall–Kier alpha value is -2.80. The van der Waals surface area contributed by atoms with Gasteiger partial charge in [0, 0.05) is 12.5 Å². The molecule has 2 aromatic rings. The van der Waals surface area contributed by atoms with Crippen LogP contribution in [0.4, 0.5) is 14.5 Å². The molecule has 5 nitrogen and oxygen atoms in total. The smallest absolute Gasteiger partial charge is 0.306 e. The van der Waals surface area contributed by atoms with E-state index in [1.54, 1.807) is 23.1 Å². The highest BCUT2D eigenvalue weighted by Crippen LogP contribution is 2.39. The average molecular weight is 527 g/mol. The molecule has 0 spiro atoms. The van der Waals surface area contributed by atoms with Crippen LogP contribution in [0.2, 0.25) is 0 Å². The summed E-state index contributed by atoms with van der Waals surface area (Å²) in [7, 11) is 0. The van der Waals surface area contributed by atoms with Crippen LogP contribution in [0.25, 0.3) is 0 Å². The highest BCUT2D eigenvalue weighted by atomic mass is 19.1. The predicted molar refractivity (Wildman–Crippen MR) is 145 cm³/mol. The Bertz CT molecular complexity index is 1110. The average Bonchev–Trinajstić information content (AvgIpc) is 3.04. The van der Waals surface area contributed by atoms with Crippen LogP contribution in [0.1, 0.15) is 76.3 Å². The number of nitrogens with zero attached hydrogens (tertiary/aromatic N) is 2. The highest BCUT2D eigenvalue weighted by Gasteiger charge is 2.30. The molecule has 1 unspecified atom stereocenters. The number of ether oxygens (including phenoxy) is 1. The normalized spacial score (nSPS) is 19.1. The zero-order chi connectivity index (χ0) is 27.3. The molecular formula is C31H40F2N2O3. The summed E-state index contributed by atoms with van der Waals surface area (Å²) in [6.07, 6.45) is 4.77. The van der Waals surface area contributed by atoms with Gasteiger partial charge in [0.15, 0.2) is 0 Å². The van der Waals surface area contributed by atoms with Crippen LogP contribution in [-0.2, 0) is 14.3 Å². The number of rotatable bonds is 7. The first-order valence-electron chi connectivity index (χ1n) is 13.8. The third kappa shape index (κ3) is 7.62. The second-order valence-electron chi connectivity index (χ2n) is 12.0. The van der Waals surface area contributed by atoms with Gasteiger partial charge in [0.25, 0.3) is 0 Å². The maximum absolute atomic E-state index is 14.4. The number of esters is 1. The summed E-state index contributed by atoms with van der Waals surface area (Å²) in [4.78, 5) is 29.3. The largest absolute Gasteiger partial charge is 0.466 e. The molecule has 2 aromatic carbocycles. The van der Waals surface area contributed by atoms with Crippen molar-refractivity contribution in [2.24, 2.45) is 11.3 Å². The first kappa shape index (κ1) is 28.2. The van der Waals surface area contributed by atoms with E-state index >= 15 is 0 Å². The van der Waals surface area contributed by atoms with E-state index in [-0.39, 0.29) is 34.8 Å². The molecule has 1 atom stereocenters. The predicted octanol–water partition coefficient (Wildman–Crippen LogP) is 6.31. The van der Waals surface area contributed by atoms with E-state index < -0.39 is 0 Å². The molecule has 2 aliphatic heterocycles. The molecule has 4 rings (SSSR count). The van der Waals surface area contributed by atoms with Crippen molar-refractivity contribution in [3.8, 4) is 0 Å². The minimum atomic E-state index is -0.370. The Morgan fingerprint density at radius 2 is 1.63 bits per heavy atom. The van der Waals surface area contributed by atoms with E-state index in [4.69, 9.17) is 4.74 Å². The monoisotopic (exact) mass is 526 g/mol. The third-order valence-corrected chi connectivity index (χ3v) is 7.64. The number of hydrogen-bond donors (Lipinski definition) is 0. The molecule has 0 saturated carbocycles. The number of carbonyl (C=O) groups is 2.